The summed E-state index contributed by atoms with van der Waals surface area (Å²) in [5.41, 5.74) is 0. The number of carbonyl (C=O) groups is 3. The standard InChI is InChI=1S/C55H87NO8/c1-6-8-10-12-14-16-18-19-20-21-22-23-24-25-26-27-28-29-30-31-32-33-34-35-36-38-40-42-44-46-53(58)64-51(50-63-55(54(59)60)61-48-47-56(3,4)5)49-62-52(57)45-43-41-39-37-17-15-13-11-9-7-2/h8,10-11,13-14,16,19-20,22-23,25-26,28-29,31-32,34-35,38,40,51,55H,6-7,9,12,15,17-18,21,24,27,30,33,36-37,39,41-50H2,1-5H3/b10-8-,13-11-,16-14-,20-19-,23-22-,26-25-,29-28-,32-31-,35-34-,40-38-. The van der Waals surface area contributed by atoms with Crippen LogP contribution in [0, 0.1) is 0 Å². The van der Waals surface area contributed by atoms with Crippen molar-refractivity contribution in [3.8, 4) is 0 Å². The molecular weight excluding hydrogens is 803 g/mol. The highest BCUT2D eigenvalue weighted by atomic mass is 16.7. The molecule has 0 saturated heterocycles. The van der Waals surface area contributed by atoms with E-state index >= 15 is 0 Å². The average Bonchev–Trinajstić information content (AvgIpc) is 3.26. The molecule has 2 unspecified atom stereocenters. The fourth-order valence-corrected chi connectivity index (χ4v) is 5.71. The van der Waals surface area contributed by atoms with Crippen molar-refractivity contribution < 1.29 is 42.9 Å². The van der Waals surface area contributed by atoms with Crippen LogP contribution in [0.5, 0.6) is 0 Å². The van der Waals surface area contributed by atoms with Gasteiger partial charge in [-0.15, -0.1) is 0 Å². The van der Waals surface area contributed by atoms with Crippen molar-refractivity contribution in [3.05, 3.63) is 122 Å². The van der Waals surface area contributed by atoms with Crippen molar-refractivity contribution in [1.82, 2.24) is 0 Å². The fraction of sp³-hybridized carbons (Fsp3) is 0.582. The normalized spacial score (nSPS) is 14.0. The van der Waals surface area contributed by atoms with Crippen LogP contribution in [0.3, 0.4) is 0 Å². The first-order valence-electron chi connectivity index (χ1n) is 24.2. The first-order chi connectivity index (χ1) is 31.1. The van der Waals surface area contributed by atoms with Crippen LogP contribution in [0.4, 0.5) is 0 Å². The number of likely N-dealkylation sites (N-methyl/N-ethyl adjacent to an activating group) is 1. The van der Waals surface area contributed by atoms with Gasteiger partial charge in [0.2, 0.25) is 0 Å². The van der Waals surface area contributed by atoms with E-state index in [9.17, 15) is 19.5 Å². The predicted molar refractivity (Wildman–Crippen MR) is 264 cm³/mol. The number of esters is 2. The molecule has 9 nitrogen and oxygen atoms in total. The van der Waals surface area contributed by atoms with Gasteiger partial charge in [-0.2, -0.15) is 0 Å². The van der Waals surface area contributed by atoms with E-state index in [4.69, 9.17) is 18.9 Å². The highest BCUT2D eigenvalue weighted by Crippen LogP contribution is 2.11. The van der Waals surface area contributed by atoms with E-state index in [0.717, 1.165) is 96.3 Å². The molecule has 360 valence electrons. The van der Waals surface area contributed by atoms with Gasteiger partial charge in [-0.1, -0.05) is 161 Å². The summed E-state index contributed by atoms with van der Waals surface area (Å²) in [6, 6.07) is 0. The Hall–Kier alpha value is -4.31. The maximum absolute atomic E-state index is 12.7. The maximum Gasteiger partial charge on any atom is 0.306 e. The number of quaternary nitrogens is 1. The van der Waals surface area contributed by atoms with E-state index in [2.05, 4.69) is 129 Å². The number of carboxylic acids is 1. The minimum Gasteiger partial charge on any atom is -0.545 e. The molecule has 0 aromatic carbocycles. The van der Waals surface area contributed by atoms with Gasteiger partial charge in [0.05, 0.1) is 40.3 Å². The van der Waals surface area contributed by atoms with Gasteiger partial charge in [-0.05, 0) is 96.3 Å². The molecule has 0 aromatic heterocycles. The summed E-state index contributed by atoms with van der Waals surface area (Å²) in [5.74, 6) is -2.40. The Morgan fingerprint density at radius 2 is 0.906 bits per heavy atom. The number of hydrogen-bond donors (Lipinski definition) is 0. The predicted octanol–water partition coefficient (Wildman–Crippen LogP) is 12.1. The summed E-state index contributed by atoms with van der Waals surface area (Å²) in [4.78, 5) is 36.9. The second kappa shape index (κ2) is 45.3. The Labute approximate surface area is 389 Å². The summed E-state index contributed by atoms with van der Waals surface area (Å²) in [7, 11) is 5.87. The van der Waals surface area contributed by atoms with Crippen molar-refractivity contribution >= 4 is 17.9 Å². The third-order valence-electron chi connectivity index (χ3n) is 9.42. The van der Waals surface area contributed by atoms with E-state index in [1.165, 1.54) is 6.42 Å². The Balaban J connectivity index is 4.44. The van der Waals surface area contributed by atoms with Gasteiger partial charge in [0.25, 0.3) is 0 Å². The summed E-state index contributed by atoms with van der Waals surface area (Å²) in [6.45, 7) is 4.44. The van der Waals surface area contributed by atoms with Gasteiger partial charge in [0.1, 0.15) is 13.2 Å². The molecule has 0 aliphatic carbocycles. The molecule has 0 aromatic rings. The Morgan fingerprint density at radius 3 is 1.39 bits per heavy atom. The van der Waals surface area contributed by atoms with Gasteiger partial charge >= 0.3 is 11.9 Å². The molecule has 0 rings (SSSR count). The highest BCUT2D eigenvalue weighted by Gasteiger charge is 2.21. The van der Waals surface area contributed by atoms with Crippen LogP contribution < -0.4 is 5.11 Å². The number of unbranched alkanes of at least 4 members (excludes halogenated alkanes) is 7. The average molecular weight is 890 g/mol. The third kappa shape index (κ3) is 45.7. The molecule has 0 bridgehead atoms. The number of ether oxygens (including phenoxy) is 4. The summed E-state index contributed by atoms with van der Waals surface area (Å²) in [6.07, 6.45) is 59.7. The molecule has 0 N–H and O–H groups in total. The monoisotopic (exact) mass is 890 g/mol. The number of nitrogens with zero attached hydrogens (tertiary/aromatic N) is 1. The molecule has 0 aliphatic heterocycles. The van der Waals surface area contributed by atoms with Crippen LogP contribution in [0.25, 0.3) is 0 Å². The first kappa shape index (κ1) is 59.7. The number of allylic oxidation sites excluding steroid dienone is 20. The molecule has 0 spiro atoms. The fourth-order valence-electron chi connectivity index (χ4n) is 5.71. The molecule has 64 heavy (non-hydrogen) atoms. The second-order valence-corrected chi connectivity index (χ2v) is 16.7. The van der Waals surface area contributed by atoms with Crippen LogP contribution >= 0.6 is 0 Å². The van der Waals surface area contributed by atoms with Gasteiger partial charge in [-0.25, -0.2) is 0 Å². The van der Waals surface area contributed by atoms with Gasteiger partial charge < -0.3 is 33.3 Å². The van der Waals surface area contributed by atoms with Gasteiger partial charge in [0, 0.05) is 12.8 Å². The van der Waals surface area contributed by atoms with Gasteiger partial charge in [-0.3, -0.25) is 9.59 Å². The van der Waals surface area contributed by atoms with Crippen molar-refractivity contribution in [2.75, 3.05) is 47.5 Å². The van der Waals surface area contributed by atoms with E-state index < -0.39 is 30.3 Å². The van der Waals surface area contributed by atoms with Crippen molar-refractivity contribution in [3.63, 3.8) is 0 Å². The van der Waals surface area contributed by atoms with Crippen LogP contribution in [0.1, 0.15) is 149 Å². The molecule has 0 saturated carbocycles. The minimum absolute atomic E-state index is 0.128. The topological polar surface area (TPSA) is 111 Å². The summed E-state index contributed by atoms with van der Waals surface area (Å²) in [5, 5.41) is 11.7. The van der Waals surface area contributed by atoms with Crippen LogP contribution in [-0.2, 0) is 33.3 Å². The van der Waals surface area contributed by atoms with E-state index in [0.29, 0.717) is 30.3 Å². The Kier molecular flexibility index (Phi) is 42.2. The third-order valence-corrected chi connectivity index (χ3v) is 9.42. The molecule has 9 heteroatoms. The highest BCUT2D eigenvalue weighted by molar-refractivity contribution is 5.70. The van der Waals surface area contributed by atoms with Crippen molar-refractivity contribution in [2.45, 2.75) is 161 Å². The maximum atomic E-state index is 12.7. The zero-order chi connectivity index (χ0) is 47.0. The lowest BCUT2D eigenvalue weighted by Gasteiger charge is -2.26. The Morgan fingerprint density at radius 1 is 0.484 bits per heavy atom. The molecular formula is C55H87NO8. The number of hydrogen-bond acceptors (Lipinski definition) is 8. The van der Waals surface area contributed by atoms with Crippen LogP contribution in [0.15, 0.2) is 122 Å². The smallest absolute Gasteiger partial charge is 0.306 e. The molecule has 0 heterocycles. The Bertz CT molecular complexity index is 1460. The minimum atomic E-state index is -1.64. The molecule has 0 radical (unpaired) electrons. The van der Waals surface area contributed by atoms with Crippen molar-refractivity contribution in [2.24, 2.45) is 0 Å². The molecule has 2 atom stereocenters. The van der Waals surface area contributed by atoms with Gasteiger partial charge in [0.15, 0.2) is 12.4 Å². The summed E-state index contributed by atoms with van der Waals surface area (Å²) < 4.78 is 22.4. The van der Waals surface area contributed by atoms with Crippen LogP contribution in [-0.4, -0.2) is 82.3 Å². The van der Waals surface area contributed by atoms with E-state index in [-0.39, 0.29) is 32.7 Å². The van der Waals surface area contributed by atoms with E-state index in [1.807, 2.05) is 27.2 Å². The second-order valence-electron chi connectivity index (χ2n) is 16.7. The summed E-state index contributed by atoms with van der Waals surface area (Å²) >= 11 is 0. The largest absolute Gasteiger partial charge is 0.545 e. The molecule has 0 fully saturated rings. The number of carboxylic acid groups (broad SMARTS) is 1. The van der Waals surface area contributed by atoms with E-state index in [1.54, 1.807) is 0 Å². The van der Waals surface area contributed by atoms with Crippen molar-refractivity contribution in [1.29, 1.82) is 0 Å². The number of rotatable bonds is 42. The zero-order valence-electron chi connectivity index (χ0n) is 40.6. The SMILES string of the molecule is CC/C=C\C/C=C\C/C=C\C/C=C\C/C=C\C/C=C\C/C=C\C/C=C\C/C=C\CCCC(=O)OC(COC(=O)CCCCCCC/C=C\CCC)COC(OCC[N+](C)(C)C)C(=O)[O-]. The van der Waals surface area contributed by atoms with Crippen LogP contribution in [0.2, 0.25) is 0 Å². The first-order valence-corrected chi connectivity index (χ1v) is 24.2. The lowest BCUT2D eigenvalue weighted by atomic mass is 10.1. The quantitative estimate of drug-likeness (QED) is 0.0196. The lowest BCUT2D eigenvalue weighted by molar-refractivity contribution is -0.870. The lowest BCUT2D eigenvalue weighted by Crippen LogP contribution is -2.44. The number of aliphatic carboxylic acids is 1. The molecule has 0 aliphatic rings. The number of carbonyl (C=O) groups excluding carboxylic acids is 3. The zero-order valence-corrected chi connectivity index (χ0v) is 40.6. The molecule has 0 amide bonds.